The van der Waals surface area contributed by atoms with Crippen molar-refractivity contribution < 1.29 is 4.39 Å². The van der Waals surface area contributed by atoms with E-state index < -0.39 is 0 Å². The quantitative estimate of drug-likeness (QED) is 0.560. The molecule has 4 rings (SSSR count). The molecule has 0 atom stereocenters. The number of thioether (sulfide) groups is 1. The fraction of sp³-hybridized carbons (Fsp3) is 0.0588. The largest absolute Gasteiger partial charge is 0.295 e. The van der Waals surface area contributed by atoms with E-state index in [9.17, 15) is 9.18 Å². The molecule has 1 aromatic carbocycles. The minimum Gasteiger partial charge on any atom is -0.295 e. The average molecular weight is 366 g/mol. The molecule has 0 aliphatic heterocycles. The molecule has 0 amide bonds. The Morgan fingerprint density at radius 2 is 2.23 bits per heavy atom. The van der Waals surface area contributed by atoms with Crippen molar-refractivity contribution in [3.8, 4) is 11.8 Å². The van der Waals surface area contributed by atoms with Gasteiger partial charge < -0.3 is 0 Å². The molecule has 0 aliphatic rings. The minimum atomic E-state index is -0.330. The summed E-state index contributed by atoms with van der Waals surface area (Å²) < 4.78 is 16.4. The van der Waals surface area contributed by atoms with Crippen molar-refractivity contribution in [2.24, 2.45) is 0 Å². The van der Waals surface area contributed by atoms with Gasteiger partial charge in [0.2, 0.25) is 0 Å². The van der Waals surface area contributed by atoms with E-state index >= 15 is 0 Å². The second kappa shape index (κ2) is 6.50. The summed E-state index contributed by atoms with van der Waals surface area (Å²) in [7, 11) is 0. The molecule has 0 radical (unpaired) electrons. The van der Waals surface area contributed by atoms with Gasteiger partial charge in [-0.2, -0.15) is 5.26 Å². The number of hydrogen-bond acceptors (Lipinski definition) is 5. The molecule has 0 bridgehead atoms. The zero-order chi connectivity index (χ0) is 18.1. The van der Waals surface area contributed by atoms with Gasteiger partial charge in [0, 0.05) is 30.4 Å². The molecule has 4 aromatic rings. The first-order chi connectivity index (χ1) is 12.7. The van der Waals surface area contributed by atoms with Crippen molar-refractivity contribution in [1.29, 1.82) is 5.26 Å². The molecule has 0 saturated carbocycles. The Morgan fingerprint density at radius 1 is 1.35 bits per heavy atom. The second-order valence-corrected chi connectivity index (χ2v) is 6.33. The Labute approximate surface area is 150 Å². The van der Waals surface area contributed by atoms with Crippen LogP contribution in [0.25, 0.3) is 11.3 Å². The van der Waals surface area contributed by atoms with Crippen LogP contribution in [0.4, 0.5) is 4.39 Å². The van der Waals surface area contributed by atoms with Gasteiger partial charge in [-0.15, -0.1) is 0 Å². The topological polar surface area (TPSA) is 91.8 Å². The van der Waals surface area contributed by atoms with Crippen LogP contribution in [0.2, 0.25) is 0 Å². The predicted octanol–water partition coefficient (Wildman–Crippen LogP) is 2.51. The number of halogens is 1. The molecular formula is C17H11FN6OS. The van der Waals surface area contributed by atoms with Gasteiger partial charge in [0.15, 0.2) is 10.8 Å². The third kappa shape index (κ3) is 2.87. The Balaban J connectivity index is 1.63. The van der Waals surface area contributed by atoms with Crippen LogP contribution in [0.3, 0.4) is 0 Å². The van der Waals surface area contributed by atoms with Gasteiger partial charge in [-0.05, 0) is 18.2 Å². The zero-order valence-electron chi connectivity index (χ0n) is 13.3. The van der Waals surface area contributed by atoms with E-state index in [1.54, 1.807) is 29.1 Å². The maximum absolute atomic E-state index is 13.5. The van der Waals surface area contributed by atoms with Gasteiger partial charge in [0.25, 0.3) is 5.56 Å². The van der Waals surface area contributed by atoms with Crippen LogP contribution in [0.1, 0.15) is 11.3 Å². The van der Waals surface area contributed by atoms with Crippen LogP contribution in [-0.4, -0.2) is 24.1 Å². The molecule has 0 aliphatic carbocycles. The van der Waals surface area contributed by atoms with Crippen molar-refractivity contribution in [2.75, 3.05) is 0 Å². The van der Waals surface area contributed by atoms with Crippen LogP contribution in [0.5, 0.6) is 0 Å². The van der Waals surface area contributed by atoms with E-state index in [4.69, 9.17) is 5.26 Å². The molecule has 1 N–H and O–H groups in total. The lowest BCUT2D eigenvalue weighted by molar-refractivity contribution is 0.626. The first-order valence-corrected chi connectivity index (χ1v) is 8.56. The Kier molecular flexibility index (Phi) is 4.02. The smallest absolute Gasteiger partial charge is 0.272 e. The molecule has 3 aromatic heterocycles. The molecule has 7 nitrogen and oxygen atoms in total. The summed E-state index contributed by atoms with van der Waals surface area (Å²) in [5, 5.41) is 12.4. The van der Waals surface area contributed by atoms with Gasteiger partial charge in [-0.1, -0.05) is 17.8 Å². The van der Waals surface area contributed by atoms with Crippen LogP contribution in [0, 0.1) is 17.1 Å². The predicted molar refractivity (Wildman–Crippen MR) is 93.6 cm³/mol. The molecule has 9 heteroatoms. The van der Waals surface area contributed by atoms with E-state index in [1.807, 2.05) is 6.07 Å². The second-order valence-electron chi connectivity index (χ2n) is 5.39. The van der Waals surface area contributed by atoms with Crippen LogP contribution < -0.4 is 5.56 Å². The van der Waals surface area contributed by atoms with Crippen LogP contribution in [-0.2, 0) is 5.75 Å². The van der Waals surface area contributed by atoms with Gasteiger partial charge >= 0.3 is 0 Å². The molecule has 0 saturated heterocycles. The summed E-state index contributed by atoms with van der Waals surface area (Å²) in [4.78, 5) is 20.8. The Bertz CT molecular complexity index is 1200. The molecular weight excluding hydrogens is 355 g/mol. The van der Waals surface area contributed by atoms with Gasteiger partial charge in [-0.25, -0.2) is 18.9 Å². The fourth-order valence-corrected chi connectivity index (χ4v) is 3.41. The highest BCUT2D eigenvalue weighted by atomic mass is 32.2. The molecule has 128 valence electrons. The normalized spacial score (nSPS) is 10.9. The Morgan fingerprint density at radius 3 is 3.04 bits per heavy atom. The average Bonchev–Trinajstić information content (AvgIpc) is 3.26. The maximum atomic E-state index is 13.5. The number of rotatable bonds is 4. The summed E-state index contributed by atoms with van der Waals surface area (Å²) in [5.74, 6) is 0.0532. The van der Waals surface area contributed by atoms with E-state index in [0.717, 1.165) is 0 Å². The van der Waals surface area contributed by atoms with Gasteiger partial charge in [-0.3, -0.25) is 14.5 Å². The third-order valence-electron chi connectivity index (χ3n) is 3.71. The number of fused-ring (bicyclic) bond motifs is 1. The van der Waals surface area contributed by atoms with E-state index in [1.165, 1.54) is 40.7 Å². The third-order valence-corrected chi connectivity index (χ3v) is 4.71. The maximum Gasteiger partial charge on any atom is 0.272 e. The van der Waals surface area contributed by atoms with Crippen molar-refractivity contribution >= 4 is 17.4 Å². The fourth-order valence-electron chi connectivity index (χ4n) is 2.54. The number of H-pyrrole nitrogens is 1. The van der Waals surface area contributed by atoms with E-state index in [2.05, 4.69) is 15.1 Å². The number of nitrogens with zero attached hydrogens (tertiary/aromatic N) is 5. The highest BCUT2D eigenvalue weighted by Gasteiger charge is 2.11. The molecule has 26 heavy (non-hydrogen) atoms. The number of aromatic nitrogens is 5. The highest BCUT2D eigenvalue weighted by molar-refractivity contribution is 7.98. The number of aromatic amines is 1. The summed E-state index contributed by atoms with van der Waals surface area (Å²) >= 11 is 1.37. The van der Waals surface area contributed by atoms with Crippen molar-refractivity contribution in [2.45, 2.75) is 10.9 Å². The first kappa shape index (κ1) is 16.1. The van der Waals surface area contributed by atoms with E-state index in [0.29, 0.717) is 33.5 Å². The number of nitriles is 1. The first-order valence-electron chi connectivity index (χ1n) is 7.58. The molecule has 0 unspecified atom stereocenters. The van der Waals surface area contributed by atoms with Crippen molar-refractivity contribution in [3.05, 3.63) is 76.4 Å². The van der Waals surface area contributed by atoms with Crippen LogP contribution in [0.15, 0.2) is 58.9 Å². The number of benzene rings is 1. The summed E-state index contributed by atoms with van der Waals surface area (Å²) in [6.07, 6.45) is 4.80. The van der Waals surface area contributed by atoms with Crippen LogP contribution >= 0.6 is 11.8 Å². The number of imidazole rings is 1. The number of nitrogens with one attached hydrogen (secondary N) is 1. The zero-order valence-corrected chi connectivity index (χ0v) is 14.1. The molecule has 0 fully saturated rings. The lowest BCUT2D eigenvalue weighted by Crippen LogP contribution is -2.15. The van der Waals surface area contributed by atoms with Gasteiger partial charge in [0.1, 0.15) is 17.4 Å². The summed E-state index contributed by atoms with van der Waals surface area (Å²) in [6.45, 7) is 0. The molecule has 0 spiro atoms. The lowest BCUT2D eigenvalue weighted by Gasteiger charge is -2.07. The number of hydrogen-bond donors (Lipinski definition) is 1. The standard InChI is InChI=1S/C17H11FN6OS/c18-12-2-1-3-14(6-12)23-5-4-20-17(23)26-10-13-7-15(25)24-16(22-13)11(8-19)9-21-24/h1-7,9,21H,10H2. The minimum absolute atomic E-state index is 0.291. The monoisotopic (exact) mass is 366 g/mol. The summed E-state index contributed by atoms with van der Waals surface area (Å²) in [5.41, 5.74) is 1.50. The van der Waals surface area contributed by atoms with Crippen molar-refractivity contribution in [1.82, 2.24) is 24.1 Å². The highest BCUT2D eigenvalue weighted by Crippen LogP contribution is 2.23. The summed E-state index contributed by atoms with van der Waals surface area (Å²) in [6, 6.07) is 9.62. The van der Waals surface area contributed by atoms with E-state index in [-0.39, 0.29) is 11.4 Å². The Hall–Kier alpha value is -3.38. The van der Waals surface area contributed by atoms with Crippen molar-refractivity contribution in [3.63, 3.8) is 0 Å². The SMILES string of the molecule is N#Cc1c[nH]n2c(=O)cc(CSc3nccn3-c3cccc(F)c3)nc12. The van der Waals surface area contributed by atoms with Gasteiger partial charge in [0.05, 0.1) is 11.4 Å². The lowest BCUT2D eigenvalue weighted by atomic mass is 10.3. The molecule has 3 heterocycles.